The van der Waals surface area contributed by atoms with Crippen molar-refractivity contribution < 1.29 is 38.2 Å². The Bertz CT molecular complexity index is 1990. The molecule has 55 heavy (non-hydrogen) atoms. The molecule has 1 heterocycles. The van der Waals surface area contributed by atoms with Crippen LogP contribution in [0, 0.1) is 5.82 Å². The fourth-order valence-electron chi connectivity index (χ4n) is 7.07. The molecule has 5 rings (SSSR count). The number of carbonyl (C=O) groups is 5. The summed E-state index contributed by atoms with van der Waals surface area (Å²) in [6.45, 7) is 3.39. The summed E-state index contributed by atoms with van der Waals surface area (Å²) in [5.41, 5.74) is 1.98. The lowest BCUT2D eigenvalue weighted by molar-refractivity contribution is -0.145. The van der Waals surface area contributed by atoms with Gasteiger partial charge in [-0.2, -0.15) is 0 Å². The number of piperazine rings is 1. The predicted octanol–water partition coefficient (Wildman–Crippen LogP) is 3.28. The van der Waals surface area contributed by atoms with Gasteiger partial charge >= 0.3 is 5.97 Å². The van der Waals surface area contributed by atoms with Crippen molar-refractivity contribution in [2.24, 2.45) is 0 Å². The summed E-state index contributed by atoms with van der Waals surface area (Å²) in [7, 11) is 1.59. The van der Waals surface area contributed by atoms with Crippen molar-refractivity contribution in [2.45, 2.75) is 63.7 Å². The molecule has 4 unspecified atom stereocenters. The molecule has 4 aromatic rings. The maximum absolute atomic E-state index is 14.7. The van der Waals surface area contributed by atoms with Crippen LogP contribution in [0.1, 0.15) is 37.0 Å². The number of phenols is 1. The normalized spacial score (nSPS) is 16.1. The average Bonchev–Trinajstić information content (AvgIpc) is 3.17. The quantitative estimate of drug-likeness (QED) is 0.135. The number of benzene rings is 4. The third kappa shape index (κ3) is 11.1. The summed E-state index contributed by atoms with van der Waals surface area (Å²) in [6, 6.07) is 22.8. The molecular formula is C42H48FN5O7. The minimum Gasteiger partial charge on any atom is -0.508 e. The van der Waals surface area contributed by atoms with Gasteiger partial charge in [-0.05, 0) is 52.1 Å². The first-order valence-corrected chi connectivity index (χ1v) is 18.4. The molecule has 13 heteroatoms. The molecule has 4 N–H and O–H groups in total. The highest BCUT2D eigenvalue weighted by atomic mass is 19.1. The van der Waals surface area contributed by atoms with Gasteiger partial charge in [0.15, 0.2) is 0 Å². The number of nitrogens with one attached hydrogen (secondary N) is 3. The molecule has 0 saturated carbocycles. The number of ether oxygens (including phenoxy) is 1. The van der Waals surface area contributed by atoms with Crippen LogP contribution in [0.2, 0.25) is 0 Å². The fraction of sp³-hybridized carbons (Fsp3) is 0.357. The first-order chi connectivity index (χ1) is 26.4. The molecule has 0 bridgehead atoms. The maximum Gasteiger partial charge on any atom is 0.302 e. The molecule has 0 aliphatic carbocycles. The number of hydrogen-bond donors (Lipinski definition) is 4. The minimum atomic E-state index is -1.14. The van der Waals surface area contributed by atoms with E-state index in [4.69, 9.17) is 4.74 Å². The predicted molar refractivity (Wildman–Crippen MR) is 205 cm³/mol. The zero-order valence-corrected chi connectivity index (χ0v) is 31.3. The number of halogens is 1. The first-order valence-electron chi connectivity index (χ1n) is 18.4. The first kappa shape index (κ1) is 40.4. The van der Waals surface area contributed by atoms with Crippen molar-refractivity contribution in [3.05, 3.63) is 114 Å². The third-order valence-corrected chi connectivity index (χ3v) is 9.86. The number of rotatable bonds is 15. The van der Waals surface area contributed by atoms with Crippen molar-refractivity contribution in [2.75, 3.05) is 33.3 Å². The van der Waals surface area contributed by atoms with Crippen LogP contribution in [0.5, 0.6) is 5.75 Å². The van der Waals surface area contributed by atoms with Gasteiger partial charge in [0.25, 0.3) is 0 Å². The molecule has 12 nitrogen and oxygen atoms in total. The summed E-state index contributed by atoms with van der Waals surface area (Å²) < 4.78 is 19.2. The number of aromatic hydroxyl groups is 1. The number of amides is 4. The highest BCUT2D eigenvalue weighted by molar-refractivity contribution is 5.92. The van der Waals surface area contributed by atoms with E-state index in [-0.39, 0.29) is 50.6 Å². The number of hydrogen-bond acceptors (Lipinski definition) is 8. The van der Waals surface area contributed by atoms with E-state index in [9.17, 15) is 33.5 Å². The second-order valence-corrected chi connectivity index (χ2v) is 13.8. The largest absolute Gasteiger partial charge is 0.508 e. The molecule has 4 aromatic carbocycles. The molecule has 1 aliphatic rings. The number of carbonyl (C=O) groups excluding carboxylic acids is 5. The third-order valence-electron chi connectivity index (χ3n) is 9.86. The molecule has 290 valence electrons. The van der Waals surface area contributed by atoms with E-state index in [2.05, 4.69) is 22.0 Å². The van der Waals surface area contributed by atoms with Crippen molar-refractivity contribution in [3.8, 4) is 5.75 Å². The summed E-state index contributed by atoms with van der Waals surface area (Å²) >= 11 is 0. The lowest BCUT2D eigenvalue weighted by atomic mass is 9.97. The van der Waals surface area contributed by atoms with Crippen molar-refractivity contribution in [1.29, 1.82) is 0 Å². The van der Waals surface area contributed by atoms with E-state index < -0.39 is 53.7 Å². The number of phenolic OH excluding ortho intramolecular Hbond substituents is 1. The van der Waals surface area contributed by atoms with Crippen LogP contribution in [0.15, 0.2) is 91.0 Å². The molecule has 1 fully saturated rings. The van der Waals surface area contributed by atoms with Gasteiger partial charge in [-0.1, -0.05) is 72.8 Å². The van der Waals surface area contributed by atoms with Gasteiger partial charge in [-0.25, -0.2) is 4.39 Å². The number of likely N-dealkylation sites (N-methyl/N-ethyl adjacent to an activating group) is 1. The fourth-order valence-corrected chi connectivity index (χ4v) is 7.07. The molecule has 0 spiro atoms. The molecular weight excluding hydrogens is 705 g/mol. The summed E-state index contributed by atoms with van der Waals surface area (Å²) in [5.74, 6) is -2.72. The van der Waals surface area contributed by atoms with Crippen LogP contribution in [-0.2, 0) is 48.0 Å². The van der Waals surface area contributed by atoms with Gasteiger partial charge in [0.1, 0.15) is 23.7 Å². The Morgan fingerprint density at radius 1 is 0.800 bits per heavy atom. The number of para-hydroxylation sites is 1. The SMILES string of the molecule is CNC(=O)C(Cc1ccc2ccccc2c1)N1CCN(C(=O)C(Cc2ccc(F)cc2)NC(=O)C(Cc2ccccc2O)NC(C)=O)C(CCOC(C)=O)C1. The van der Waals surface area contributed by atoms with E-state index in [0.29, 0.717) is 24.1 Å². The zero-order valence-electron chi connectivity index (χ0n) is 31.3. The van der Waals surface area contributed by atoms with E-state index >= 15 is 0 Å². The molecule has 1 saturated heterocycles. The van der Waals surface area contributed by atoms with Crippen LogP contribution in [0.4, 0.5) is 4.39 Å². The Morgan fingerprint density at radius 2 is 1.49 bits per heavy atom. The maximum atomic E-state index is 14.7. The highest BCUT2D eigenvalue weighted by Crippen LogP contribution is 2.23. The van der Waals surface area contributed by atoms with Crippen LogP contribution in [0.3, 0.4) is 0 Å². The van der Waals surface area contributed by atoms with Crippen LogP contribution < -0.4 is 16.0 Å². The monoisotopic (exact) mass is 753 g/mol. The number of nitrogens with zero attached hydrogens (tertiary/aromatic N) is 2. The van der Waals surface area contributed by atoms with Gasteiger partial charge in [0.05, 0.1) is 12.6 Å². The lowest BCUT2D eigenvalue weighted by Gasteiger charge is -2.45. The number of esters is 1. The Morgan fingerprint density at radius 3 is 2.18 bits per heavy atom. The van der Waals surface area contributed by atoms with Crippen molar-refractivity contribution >= 4 is 40.4 Å². The molecule has 0 radical (unpaired) electrons. The van der Waals surface area contributed by atoms with Crippen molar-refractivity contribution in [3.63, 3.8) is 0 Å². The Kier molecular flexibility index (Phi) is 13.9. The molecule has 0 aromatic heterocycles. The van der Waals surface area contributed by atoms with Crippen LogP contribution in [-0.4, -0.2) is 102 Å². The highest BCUT2D eigenvalue weighted by Gasteiger charge is 2.39. The van der Waals surface area contributed by atoms with E-state index in [0.717, 1.165) is 16.3 Å². The Labute approximate surface area is 320 Å². The zero-order chi connectivity index (χ0) is 39.5. The average molecular weight is 754 g/mol. The van der Waals surface area contributed by atoms with Crippen LogP contribution >= 0.6 is 0 Å². The summed E-state index contributed by atoms with van der Waals surface area (Å²) in [5, 5.41) is 20.8. The smallest absolute Gasteiger partial charge is 0.302 e. The second kappa shape index (κ2) is 19.0. The van der Waals surface area contributed by atoms with Gasteiger partial charge in [0.2, 0.25) is 23.6 Å². The Balaban J connectivity index is 1.42. The number of fused-ring (bicyclic) bond motifs is 1. The van der Waals surface area contributed by atoms with Crippen LogP contribution in [0.25, 0.3) is 10.8 Å². The van der Waals surface area contributed by atoms with Crippen molar-refractivity contribution in [1.82, 2.24) is 25.8 Å². The van der Waals surface area contributed by atoms with Gasteiger partial charge in [-0.3, -0.25) is 28.9 Å². The Hall–Kier alpha value is -5.82. The topological polar surface area (TPSA) is 157 Å². The summed E-state index contributed by atoms with van der Waals surface area (Å²) in [4.78, 5) is 69.7. The second-order valence-electron chi connectivity index (χ2n) is 13.8. The lowest BCUT2D eigenvalue weighted by Crippen LogP contribution is -2.64. The minimum absolute atomic E-state index is 0.00788. The van der Waals surface area contributed by atoms with E-state index in [1.807, 2.05) is 41.3 Å². The van der Waals surface area contributed by atoms with E-state index in [1.165, 1.54) is 44.2 Å². The molecule has 4 amide bonds. The van der Waals surface area contributed by atoms with Gasteiger partial charge in [-0.15, -0.1) is 0 Å². The summed E-state index contributed by atoms with van der Waals surface area (Å²) in [6.07, 6.45) is 0.641. The van der Waals surface area contributed by atoms with E-state index in [1.54, 1.807) is 30.1 Å². The standard InChI is InChI=1S/C42H48FN5O7/c1-27(49)45-36(25-33-10-6-7-11-39(33)51)40(52)46-37(23-29-13-16-34(43)17-14-29)42(54)48-20-19-47(26-35(48)18-21-55-28(2)50)38(41(53)44-3)24-30-12-15-31-8-4-5-9-32(31)22-30/h4-17,22,35-38,51H,18-21,23-26H2,1-3H3,(H,44,53)(H,45,49)(H,46,52). The molecule has 4 atom stereocenters. The van der Waals surface area contributed by atoms with Gasteiger partial charge < -0.3 is 30.7 Å². The molecule has 1 aliphatic heterocycles. The van der Waals surface area contributed by atoms with Gasteiger partial charge in [0, 0.05) is 65.8 Å².